The van der Waals surface area contributed by atoms with E-state index in [2.05, 4.69) is 36.6 Å². The molecule has 0 aliphatic heterocycles. The fourth-order valence-corrected chi connectivity index (χ4v) is 4.88. The second kappa shape index (κ2) is 22.8. The minimum absolute atomic E-state index is 0.0218. The van der Waals surface area contributed by atoms with Crippen LogP contribution in [-0.4, -0.2) is 91.8 Å². The Hall–Kier alpha value is -4.70. The van der Waals surface area contributed by atoms with Gasteiger partial charge < -0.3 is 54.5 Å². The molecule has 16 nitrogen and oxygen atoms in total. The minimum Gasteiger partial charge on any atom is -0.370 e. The fraction of sp³-hybridized carbons (Fsp3) is 0.562. The molecule has 48 heavy (non-hydrogen) atoms. The number of carbonyl (C=O) groups excluding carboxylic acids is 5. The molecule has 16 heteroatoms. The first kappa shape index (κ1) is 39.5. The molecule has 0 bridgehead atoms. The molecular formula is C32H53N11O5. The van der Waals surface area contributed by atoms with Crippen LogP contribution >= 0.6 is 0 Å². The summed E-state index contributed by atoms with van der Waals surface area (Å²) in [6.45, 7) is 3.14. The summed E-state index contributed by atoms with van der Waals surface area (Å²) in [7, 11) is 0. The molecule has 0 unspecified atom stereocenters. The highest BCUT2D eigenvalue weighted by molar-refractivity contribution is 5.94. The molecule has 1 heterocycles. The largest absolute Gasteiger partial charge is 0.370 e. The van der Waals surface area contributed by atoms with Crippen molar-refractivity contribution in [3.05, 3.63) is 36.0 Å². The van der Waals surface area contributed by atoms with Gasteiger partial charge in [-0.05, 0) is 63.1 Å². The maximum Gasteiger partial charge on any atom is 0.243 e. The number of H-pyrrole nitrogens is 1. The van der Waals surface area contributed by atoms with Gasteiger partial charge in [-0.25, -0.2) is 0 Å². The number of guanidine groups is 1. The zero-order chi connectivity index (χ0) is 35.1. The molecule has 0 aliphatic carbocycles. The Morgan fingerprint density at radius 1 is 0.771 bits per heavy atom. The van der Waals surface area contributed by atoms with Crippen LogP contribution in [0.25, 0.3) is 10.9 Å². The van der Waals surface area contributed by atoms with E-state index in [0.29, 0.717) is 58.4 Å². The van der Waals surface area contributed by atoms with Crippen molar-refractivity contribution in [3.63, 3.8) is 0 Å². The van der Waals surface area contributed by atoms with Gasteiger partial charge in [0, 0.05) is 56.2 Å². The van der Waals surface area contributed by atoms with Gasteiger partial charge in [-0.15, -0.1) is 0 Å². The number of para-hydroxylation sites is 1. The predicted octanol–water partition coefficient (Wildman–Crippen LogP) is -1.27. The van der Waals surface area contributed by atoms with Crippen LogP contribution in [0.3, 0.4) is 0 Å². The molecule has 2 atom stereocenters. The van der Waals surface area contributed by atoms with Crippen molar-refractivity contribution in [2.75, 3.05) is 39.3 Å². The summed E-state index contributed by atoms with van der Waals surface area (Å²) in [6, 6.07) is 5.94. The third-order valence-corrected chi connectivity index (χ3v) is 7.47. The van der Waals surface area contributed by atoms with Crippen LogP contribution in [0, 0.1) is 0 Å². The van der Waals surface area contributed by atoms with Crippen LogP contribution in [0.15, 0.2) is 35.5 Å². The first-order valence-electron chi connectivity index (χ1n) is 16.5. The van der Waals surface area contributed by atoms with Crippen molar-refractivity contribution in [1.29, 1.82) is 0 Å². The second-order valence-electron chi connectivity index (χ2n) is 11.6. The smallest absolute Gasteiger partial charge is 0.243 e. The van der Waals surface area contributed by atoms with E-state index in [1.807, 2.05) is 24.3 Å². The summed E-state index contributed by atoms with van der Waals surface area (Å²) in [5, 5.41) is 15.2. The number of benzene rings is 1. The number of primary amides is 1. The Morgan fingerprint density at radius 3 is 2.17 bits per heavy atom. The van der Waals surface area contributed by atoms with Gasteiger partial charge in [-0.3, -0.25) is 29.0 Å². The lowest BCUT2D eigenvalue weighted by molar-refractivity contribution is -0.131. The van der Waals surface area contributed by atoms with E-state index in [1.165, 1.54) is 0 Å². The van der Waals surface area contributed by atoms with Crippen LogP contribution in [-0.2, 0) is 30.4 Å². The van der Waals surface area contributed by atoms with E-state index < -0.39 is 23.9 Å². The number of carbonyl (C=O) groups is 5. The topological polar surface area (TPSA) is 278 Å². The highest BCUT2D eigenvalue weighted by Gasteiger charge is 2.23. The van der Waals surface area contributed by atoms with Gasteiger partial charge in [-0.1, -0.05) is 18.2 Å². The van der Waals surface area contributed by atoms with Gasteiger partial charge in [0.25, 0.3) is 0 Å². The molecule has 0 aliphatic rings. The van der Waals surface area contributed by atoms with E-state index in [9.17, 15) is 24.0 Å². The second-order valence-corrected chi connectivity index (χ2v) is 11.6. The van der Waals surface area contributed by atoms with E-state index in [-0.39, 0.29) is 36.5 Å². The van der Waals surface area contributed by atoms with Crippen LogP contribution in [0.1, 0.15) is 63.4 Å². The maximum absolute atomic E-state index is 12.7. The molecule has 1 aromatic heterocycles. The van der Waals surface area contributed by atoms with Crippen molar-refractivity contribution in [1.82, 2.24) is 31.6 Å². The van der Waals surface area contributed by atoms with Gasteiger partial charge in [-0.2, -0.15) is 0 Å². The molecule has 266 valence electrons. The van der Waals surface area contributed by atoms with Crippen LogP contribution in [0.2, 0.25) is 0 Å². The summed E-state index contributed by atoms with van der Waals surface area (Å²) in [5.74, 6) is -1.76. The zero-order valence-corrected chi connectivity index (χ0v) is 27.7. The van der Waals surface area contributed by atoms with E-state index in [1.54, 1.807) is 6.20 Å². The normalized spacial score (nSPS) is 12.1. The highest BCUT2D eigenvalue weighted by Crippen LogP contribution is 2.18. The van der Waals surface area contributed by atoms with Gasteiger partial charge in [0.2, 0.25) is 29.5 Å². The number of nitrogens with two attached hydrogens (primary N) is 4. The predicted molar refractivity (Wildman–Crippen MR) is 185 cm³/mol. The Kier molecular flexibility index (Phi) is 18.7. The van der Waals surface area contributed by atoms with Gasteiger partial charge >= 0.3 is 0 Å². The SMILES string of the molecule is NC(=O)C[C@H](NC(=O)Cc1c[nH]c2ccccc12)C(=O)NCCCCCNC(=O)CCNCCCCNC(=O)[C@H](N)CCCN=C(N)N. The molecule has 1 aromatic carbocycles. The third kappa shape index (κ3) is 16.7. The molecule has 0 fully saturated rings. The molecule has 2 aromatic rings. The summed E-state index contributed by atoms with van der Waals surface area (Å²) in [5.41, 5.74) is 23.4. The molecule has 0 radical (unpaired) electrons. The van der Waals surface area contributed by atoms with Crippen LogP contribution in [0.5, 0.6) is 0 Å². The number of nitrogens with one attached hydrogen (secondary N) is 6. The molecule has 0 saturated carbocycles. The van der Waals surface area contributed by atoms with Crippen molar-refractivity contribution in [3.8, 4) is 0 Å². The molecule has 0 saturated heterocycles. The molecule has 14 N–H and O–H groups in total. The van der Waals surface area contributed by atoms with E-state index in [4.69, 9.17) is 22.9 Å². The highest BCUT2D eigenvalue weighted by atomic mass is 16.2. The monoisotopic (exact) mass is 671 g/mol. The lowest BCUT2D eigenvalue weighted by Crippen LogP contribution is -2.49. The zero-order valence-electron chi connectivity index (χ0n) is 27.7. The average molecular weight is 672 g/mol. The molecule has 0 spiro atoms. The van der Waals surface area contributed by atoms with Gasteiger partial charge in [0.05, 0.1) is 18.9 Å². The average Bonchev–Trinajstić information content (AvgIpc) is 3.45. The summed E-state index contributed by atoms with van der Waals surface area (Å²) < 4.78 is 0. The first-order chi connectivity index (χ1) is 23.1. The number of aliphatic imine (C=N–C) groups is 1. The Bertz CT molecular complexity index is 1340. The number of hydrogen-bond acceptors (Lipinski definition) is 8. The number of amides is 5. The summed E-state index contributed by atoms with van der Waals surface area (Å²) in [6.07, 6.45) is 6.80. The lowest BCUT2D eigenvalue weighted by atomic mass is 10.1. The standard InChI is InChI=1S/C32H53N11O5/c33-24(10-8-17-41-32(35)36)30(47)39-16-7-6-13-37-18-12-28(45)38-14-4-1-5-15-40-31(48)26(20-27(34)44)43-29(46)19-22-21-42-25-11-3-2-9-23(22)25/h2-3,9,11,21,24,26,37,42H,1,4-8,10,12-20,33H2,(H2,34,44)(H,38,45)(H,39,47)(H,40,48)(H,43,46)(H4,35,36,41)/t24-,26+/m1/s1. The van der Waals surface area contributed by atoms with Crippen molar-refractivity contribution < 1.29 is 24.0 Å². The molecule has 5 amide bonds. The Balaban J connectivity index is 1.48. The number of aromatic nitrogens is 1. The summed E-state index contributed by atoms with van der Waals surface area (Å²) in [4.78, 5) is 67.9. The van der Waals surface area contributed by atoms with E-state index in [0.717, 1.165) is 48.7 Å². The number of rotatable bonds is 25. The minimum atomic E-state index is -1.06. The summed E-state index contributed by atoms with van der Waals surface area (Å²) >= 11 is 0. The maximum atomic E-state index is 12.7. The van der Waals surface area contributed by atoms with Crippen molar-refractivity contribution in [2.45, 2.75) is 76.3 Å². The van der Waals surface area contributed by atoms with Gasteiger partial charge in [0.15, 0.2) is 5.96 Å². The fourth-order valence-electron chi connectivity index (χ4n) is 4.88. The number of hydrogen-bond donors (Lipinski definition) is 10. The molecule has 2 rings (SSSR count). The molecular weight excluding hydrogens is 618 g/mol. The van der Waals surface area contributed by atoms with Crippen LogP contribution in [0.4, 0.5) is 0 Å². The number of nitrogens with zero attached hydrogens (tertiary/aromatic N) is 1. The Morgan fingerprint density at radius 2 is 1.44 bits per heavy atom. The number of unbranched alkanes of at least 4 members (excludes halogenated alkanes) is 3. The van der Waals surface area contributed by atoms with Crippen molar-refractivity contribution >= 4 is 46.4 Å². The number of fused-ring (bicyclic) bond motifs is 1. The quantitative estimate of drug-likeness (QED) is 0.0342. The number of aromatic amines is 1. The van der Waals surface area contributed by atoms with Gasteiger partial charge in [0.1, 0.15) is 6.04 Å². The van der Waals surface area contributed by atoms with E-state index >= 15 is 0 Å². The lowest BCUT2D eigenvalue weighted by Gasteiger charge is -2.17. The van der Waals surface area contributed by atoms with Crippen molar-refractivity contribution in [2.24, 2.45) is 27.9 Å². The third-order valence-electron chi connectivity index (χ3n) is 7.47. The Labute approximate surface area is 281 Å². The van der Waals surface area contributed by atoms with Crippen LogP contribution < -0.4 is 49.5 Å². The first-order valence-corrected chi connectivity index (χ1v) is 16.5.